The number of rotatable bonds is 6. The van der Waals surface area contributed by atoms with E-state index in [1.165, 1.54) is 12.8 Å². The molecule has 1 saturated carbocycles. The summed E-state index contributed by atoms with van der Waals surface area (Å²) in [4.78, 5) is 15.6. The summed E-state index contributed by atoms with van der Waals surface area (Å²) in [6.45, 7) is 1.22. The summed E-state index contributed by atoms with van der Waals surface area (Å²) >= 11 is 0. The molecular weight excluding hydrogens is 275 g/mol. The highest BCUT2D eigenvalue weighted by atomic mass is 35.5. The Bertz CT molecular complexity index is 341. The largest absolute Gasteiger partial charge is 0.352 e. The lowest BCUT2D eigenvalue weighted by Gasteiger charge is -2.15. The molecule has 2 rings (SSSR count). The molecule has 1 aromatic heterocycles. The van der Waals surface area contributed by atoms with Gasteiger partial charge >= 0.3 is 0 Å². The quantitative estimate of drug-likeness (QED) is 0.821. The zero-order valence-corrected chi connectivity index (χ0v) is 11.8. The number of amides is 1. The Balaban J connectivity index is 0.00000144. The van der Waals surface area contributed by atoms with Crippen LogP contribution < -0.4 is 11.1 Å². The summed E-state index contributed by atoms with van der Waals surface area (Å²) in [5, 5.41) is 2.99. The van der Waals surface area contributed by atoms with Crippen LogP contribution in [0, 0.1) is 5.92 Å². The van der Waals surface area contributed by atoms with Crippen molar-refractivity contribution in [1.29, 1.82) is 0 Å². The number of carbonyl (C=O) groups is 1. The van der Waals surface area contributed by atoms with E-state index in [0.717, 1.165) is 0 Å². The fraction of sp³-hybridized carbons (Fsp3) is 0.636. The molecule has 3 N–H and O–H groups in total. The predicted molar refractivity (Wildman–Crippen MR) is 75.0 cm³/mol. The van der Waals surface area contributed by atoms with E-state index in [-0.39, 0.29) is 36.8 Å². The van der Waals surface area contributed by atoms with Gasteiger partial charge in [0.1, 0.15) is 0 Å². The molecule has 0 saturated heterocycles. The number of aryl methyl sites for hydroxylation is 1. The molecule has 5 nitrogen and oxygen atoms in total. The maximum Gasteiger partial charge on any atom is 0.222 e. The summed E-state index contributed by atoms with van der Waals surface area (Å²) in [6.07, 6.45) is 8.17. The lowest BCUT2D eigenvalue weighted by Crippen LogP contribution is -2.41. The molecule has 0 spiro atoms. The number of carbonyl (C=O) groups excluding carboxylic acids is 1. The van der Waals surface area contributed by atoms with Crippen molar-refractivity contribution in [2.24, 2.45) is 11.7 Å². The molecule has 7 heteroatoms. The molecular formula is C11H20Cl2N4O. The van der Waals surface area contributed by atoms with Crippen LogP contribution in [-0.4, -0.2) is 28.0 Å². The molecule has 1 atom stereocenters. The molecule has 0 aliphatic heterocycles. The Morgan fingerprint density at radius 1 is 1.50 bits per heavy atom. The molecule has 1 heterocycles. The van der Waals surface area contributed by atoms with E-state index in [1.807, 2.05) is 10.8 Å². The van der Waals surface area contributed by atoms with Crippen LogP contribution in [0.15, 0.2) is 18.7 Å². The van der Waals surface area contributed by atoms with Crippen LogP contribution in [0.3, 0.4) is 0 Å². The summed E-state index contributed by atoms with van der Waals surface area (Å²) in [5.74, 6) is 0.693. The number of nitrogens with one attached hydrogen (secondary N) is 1. The van der Waals surface area contributed by atoms with Gasteiger partial charge < -0.3 is 15.6 Å². The number of imidazole rings is 1. The van der Waals surface area contributed by atoms with Crippen molar-refractivity contribution >= 4 is 30.7 Å². The molecule has 1 amide bonds. The molecule has 0 radical (unpaired) electrons. The standard InChI is InChI=1S/C11H18N4O.2ClH/c12-7-10(9-1-2-9)14-11(16)3-5-15-6-4-13-8-15;;/h4,6,8-10H,1-3,5,7,12H2,(H,14,16);2*1H. The zero-order valence-electron chi connectivity index (χ0n) is 10.1. The average molecular weight is 295 g/mol. The minimum Gasteiger partial charge on any atom is -0.352 e. The maximum atomic E-state index is 11.6. The van der Waals surface area contributed by atoms with Gasteiger partial charge in [-0.2, -0.15) is 0 Å². The van der Waals surface area contributed by atoms with E-state index in [9.17, 15) is 4.79 Å². The molecule has 104 valence electrons. The Morgan fingerprint density at radius 2 is 2.22 bits per heavy atom. The Hall–Kier alpha value is -0.780. The van der Waals surface area contributed by atoms with Gasteiger partial charge in [0, 0.05) is 37.9 Å². The first kappa shape index (κ1) is 17.2. The number of nitrogens with zero attached hydrogens (tertiary/aromatic N) is 2. The van der Waals surface area contributed by atoms with Gasteiger partial charge in [0.25, 0.3) is 0 Å². The normalized spacial score (nSPS) is 15.2. The molecule has 1 unspecified atom stereocenters. The van der Waals surface area contributed by atoms with Crippen molar-refractivity contribution in [2.75, 3.05) is 6.54 Å². The number of hydrogen-bond donors (Lipinski definition) is 2. The predicted octanol–water partition coefficient (Wildman–Crippen LogP) is 0.970. The number of nitrogens with two attached hydrogens (primary N) is 1. The highest BCUT2D eigenvalue weighted by molar-refractivity contribution is 5.85. The number of halogens is 2. The van der Waals surface area contributed by atoms with Crippen LogP contribution in [0.1, 0.15) is 19.3 Å². The van der Waals surface area contributed by atoms with Gasteiger partial charge in [0.15, 0.2) is 0 Å². The molecule has 1 aliphatic carbocycles. The van der Waals surface area contributed by atoms with Crippen LogP contribution in [0.4, 0.5) is 0 Å². The highest BCUT2D eigenvalue weighted by Crippen LogP contribution is 2.32. The maximum absolute atomic E-state index is 11.6. The van der Waals surface area contributed by atoms with Crippen molar-refractivity contribution in [3.8, 4) is 0 Å². The second-order valence-corrected chi connectivity index (χ2v) is 4.30. The van der Waals surface area contributed by atoms with Gasteiger partial charge in [0.05, 0.1) is 6.33 Å². The molecule has 0 aromatic carbocycles. The van der Waals surface area contributed by atoms with Gasteiger partial charge in [0.2, 0.25) is 5.91 Å². The number of aromatic nitrogens is 2. The molecule has 18 heavy (non-hydrogen) atoms. The summed E-state index contributed by atoms with van der Waals surface area (Å²) in [6, 6.07) is 0.176. The van der Waals surface area contributed by atoms with Gasteiger partial charge in [-0.1, -0.05) is 0 Å². The first-order valence-electron chi connectivity index (χ1n) is 5.75. The second kappa shape index (κ2) is 8.34. The molecule has 1 fully saturated rings. The second-order valence-electron chi connectivity index (χ2n) is 4.30. The molecule has 1 aliphatic rings. The SMILES string of the molecule is Cl.Cl.NCC(NC(=O)CCn1ccnc1)C1CC1. The van der Waals surface area contributed by atoms with Gasteiger partial charge in [-0.25, -0.2) is 4.98 Å². The van der Waals surface area contributed by atoms with Crippen LogP contribution >= 0.6 is 24.8 Å². The van der Waals surface area contributed by atoms with Gasteiger partial charge in [-0.15, -0.1) is 24.8 Å². The molecule has 1 aromatic rings. The van der Waals surface area contributed by atoms with Crippen LogP contribution in [0.5, 0.6) is 0 Å². The van der Waals surface area contributed by atoms with Crippen molar-refractivity contribution in [3.05, 3.63) is 18.7 Å². The van der Waals surface area contributed by atoms with E-state index < -0.39 is 0 Å². The van der Waals surface area contributed by atoms with Crippen molar-refractivity contribution < 1.29 is 4.79 Å². The summed E-state index contributed by atoms with van der Waals surface area (Å²) in [5.41, 5.74) is 5.62. The first-order valence-corrected chi connectivity index (χ1v) is 5.75. The van der Waals surface area contributed by atoms with Crippen LogP contribution in [0.25, 0.3) is 0 Å². The van der Waals surface area contributed by atoms with Gasteiger partial charge in [-0.05, 0) is 18.8 Å². The van der Waals surface area contributed by atoms with Crippen LogP contribution in [-0.2, 0) is 11.3 Å². The lowest BCUT2D eigenvalue weighted by molar-refractivity contribution is -0.122. The highest BCUT2D eigenvalue weighted by Gasteiger charge is 2.30. The van der Waals surface area contributed by atoms with Crippen molar-refractivity contribution in [1.82, 2.24) is 14.9 Å². The van der Waals surface area contributed by atoms with Gasteiger partial charge in [-0.3, -0.25) is 4.79 Å². The van der Waals surface area contributed by atoms with E-state index in [1.54, 1.807) is 12.5 Å². The Morgan fingerprint density at radius 3 is 2.72 bits per heavy atom. The van der Waals surface area contributed by atoms with E-state index in [4.69, 9.17) is 5.73 Å². The van der Waals surface area contributed by atoms with Crippen molar-refractivity contribution in [2.45, 2.75) is 31.8 Å². The van der Waals surface area contributed by atoms with E-state index >= 15 is 0 Å². The minimum absolute atomic E-state index is 0. The van der Waals surface area contributed by atoms with E-state index in [2.05, 4.69) is 10.3 Å². The minimum atomic E-state index is 0. The fourth-order valence-electron chi connectivity index (χ4n) is 1.80. The summed E-state index contributed by atoms with van der Waals surface area (Å²) in [7, 11) is 0. The van der Waals surface area contributed by atoms with Crippen molar-refractivity contribution in [3.63, 3.8) is 0 Å². The van der Waals surface area contributed by atoms with E-state index in [0.29, 0.717) is 25.4 Å². The van der Waals surface area contributed by atoms with Crippen LogP contribution in [0.2, 0.25) is 0 Å². The lowest BCUT2D eigenvalue weighted by atomic mass is 10.2. The smallest absolute Gasteiger partial charge is 0.222 e. The third-order valence-corrected chi connectivity index (χ3v) is 2.95. The average Bonchev–Trinajstić information content (AvgIpc) is 3.00. The monoisotopic (exact) mass is 294 g/mol. The number of hydrogen-bond acceptors (Lipinski definition) is 3. The topological polar surface area (TPSA) is 72.9 Å². The first-order chi connectivity index (χ1) is 7.79. The third kappa shape index (κ3) is 5.25. The zero-order chi connectivity index (χ0) is 11.4. The summed E-state index contributed by atoms with van der Waals surface area (Å²) < 4.78 is 1.90. The molecule has 0 bridgehead atoms. The fourth-order valence-corrected chi connectivity index (χ4v) is 1.80. The Labute approximate surface area is 119 Å². The Kier molecular flexibility index (Phi) is 7.98. The third-order valence-electron chi connectivity index (χ3n) is 2.95.